The van der Waals surface area contributed by atoms with E-state index in [2.05, 4.69) is 14.9 Å². The first kappa shape index (κ1) is 25.0. The maximum absolute atomic E-state index is 13.8. The molecule has 1 N–H and O–H groups in total. The van der Waals surface area contributed by atoms with E-state index in [4.69, 9.17) is 9.47 Å². The molecule has 1 saturated carbocycles. The Kier molecular flexibility index (Phi) is 6.42. The second-order valence-corrected chi connectivity index (χ2v) is 10.5. The molecule has 2 aromatic heterocycles. The molecular formula is C29H30F3N3O3. The van der Waals surface area contributed by atoms with Crippen molar-refractivity contribution in [3.63, 3.8) is 0 Å². The third-order valence-electron chi connectivity index (χ3n) is 8.11. The molecule has 3 aromatic rings. The van der Waals surface area contributed by atoms with Crippen molar-refractivity contribution in [3.05, 3.63) is 71.2 Å². The van der Waals surface area contributed by atoms with E-state index in [1.807, 2.05) is 0 Å². The van der Waals surface area contributed by atoms with Crippen LogP contribution in [0.4, 0.5) is 19.0 Å². The molecule has 2 unspecified atom stereocenters. The molecule has 1 aromatic carbocycles. The lowest BCUT2D eigenvalue weighted by atomic mass is 9.96. The number of rotatable bonds is 7. The van der Waals surface area contributed by atoms with Crippen LogP contribution in [0.25, 0.3) is 11.1 Å². The van der Waals surface area contributed by atoms with Crippen molar-refractivity contribution < 1.29 is 27.4 Å². The maximum Gasteiger partial charge on any atom is 0.417 e. The van der Waals surface area contributed by atoms with Crippen molar-refractivity contribution in [2.24, 2.45) is 0 Å². The number of benzene rings is 1. The summed E-state index contributed by atoms with van der Waals surface area (Å²) >= 11 is 0. The quantitative estimate of drug-likeness (QED) is 0.358. The number of halogens is 3. The Labute approximate surface area is 219 Å². The molecule has 38 heavy (non-hydrogen) atoms. The topological polar surface area (TPSA) is 67.4 Å². The number of piperidine rings is 1. The average molecular weight is 526 g/mol. The summed E-state index contributed by atoms with van der Waals surface area (Å²) in [4.78, 5) is 22.1. The number of ether oxygens (including phenoxy) is 2. The van der Waals surface area contributed by atoms with Gasteiger partial charge in [0, 0.05) is 41.3 Å². The lowest BCUT2D eigenvalue weighted by Crippen LogP contribution is -2.46. The zero-order chi connectivity index (χ0) is 26.4. The summed E-state index contributed by atoms with van der Waals surface area (Å²) in [5.41, 5.74) is 2.45. The van der Waals surface area contributed by atoms with Gasteiger partial charge in [0.25, 0.3) is 0 Å². The number of nitrogens with zero attached hydrogens (tertiary/aromatic N) is 2. The number of aromatic nitrogens is 2. The van der Waals surface area contributed by atoms with Gasteiger partial charge in [-0.3, -0.25) is 0 Å². The first-order chi connectivity index (χ1) is 18.3. The van der Waals surface area contributed by atoms with Gasteiger partial charge in [-0.05, 0) is 68.2 Å². The Balaban J connectivity index is 1.21. The minimum absolute atomic E-state index is 0.000188. The summed E-state index contributed by atoms with van der Waals surface area (Å²) in [6.45, 7) is 0.275. The van der Waals surface area contributed by atoms with Crippen LogP contribution in [0.2, 0.25) is 0 Å². The van der Waals surface area contributed by atoms with Gasteiger partial charge in [-0.1, -0.05) is 18.2 Å². The van der Waals surface area contributed by atoms with Gasteiger partial charge in [-0.2, -0.15) is 13.2 Å². The van der Waals surface area contributed by atoms with Crippen molar-refractivity contribution in [3.8, 4) is 11.1 Å². The number of nitrogens with one attached hydrogen (secondary N) is 1. The van der Waals surface area contributed by atoms with Gasteiger partial charge in [-0.15, -0.1) is 0 Å². The summed E-state index contributed by atoms with van der Waals surface area (Å²) in [5, 5.41) is 0. The second-order valence-electron chi connectivity index (χ2n) is 10.5. The molecule has 3 aliphatic rings. The van der Waals surface area contributed by atoms with E-state index >= 15 is 0 Å². The smallest absolute Gasteiger partial charge is 0.417 e. The van der Waals surface area contributed by atoms with Crippen LogP contribution < -0.4 is 4.90 Å². The SMILES string of the molecule is COC(=O)c1ccnc(N2C3CCC2CC(OCc2c(-c4ccccc4C(F)(F)F)c[nH]c2C2CC2)C3)c1. The Hall–Kier alpha value is -3.33. The van der Waals surface area contributed by atoms with E-state index < -0.39 is 11.7 Å². The van der Waals surface area contributed by atoms with Gasteiger partial charge in [0.2, 0.25) is 0 Å². The predicted molar refractivity (Wildman–Crippen MR) is 136 cm³/mol. The highest BCUT2D eigenvalue weighted by Crippen LogP contribution is 2.46. The highest BCUT2D eigenvalue weighted by atomic mass is 19.4. The Bertz CT molecular complexity index is 1320. The van der Waals surface area contributed by atoms with Crippen LogP contribution in [0.5, 0.6) is 0 Å². The van der Waals surface area contributed by atoms with Crippen LogP contribution in [-0.4, -0.2) is 41.2 Å². The largest absolute Gasteiger partial charge is 0.465 e. The Morgan fingerprint density at radius 2 is 1.82 bits per heavy atom. The van der Waals surface area contributed by atoms with E-state index in [0.29, 0.717) is 17.0 Å². The number of carbonyl (C=O) groups excluding carboxylic acids is 1. The van der Waals surface area contributed by atoms with Crippen LogP contribution in [0, 0.1) is 0 Å². The first-order valence-electron chi connectivity index (χ1n) is 13.1. The van der Waals surface area contributed by atoms with Crippen LogP contribution in [0.15, 0.2) is 48.8 Å². The number of anilines is 1. The lowest BCUT2D eigenvalue weighted by molar-refractivity contribution is -0.137. The molecule has 2 atom stereocenters. The molecule has 9 heteroatoms. The fourth-order valence-electron chi connectivity index (χ4n) is 6.21. The minimum atomic E-state index is -4.43. The molecule has 2 aliphatic heterocycles. The molecule has 2 bridgehead atoms. The third kappa shape index (κ3) is 4.68. The van der Waals surface area contributed by atoms with Gasteiger partial charge in [0.05, 0.1) is 30.9 Å². The number of H-pyrrole nitrogens is 1. The Morgan fingerprint density at radius 1 is 1.08 bits per heavy atom. The number of aromatic amines is 1. The number of hydrogen-bond donors (Lipinski definition) is 1. The zero-order valence-corrected chi connectivity index (χ0v) is 21.1. The molecule has 1 aliphatic carbocycles. The van der Waals surface area contributed by atoms with E-state index in [1.165, 1.54) is 13.2 Å². The maximum atomic E-state index is 13.8. The van der Waals surface area contributed by atoms with Gasteiger partial charge in [0.1, 0.15) is 5.82 Å². The predicted octanol–water partition coefficient (Wildman–Crippen LogP) is 6.48. The summed E-state index contributed by atoms with van der Waals surface area (Å²) < 4.78 is 52.7. The third-order valence-corrected chi connectivity index (χ3v) is 8.11. The van der Waals surface area contributed by atoms with Gasteiger partial charge in [0.15, 0.2) is 0 Å². The molecule has 200 valence electrons. The van der Waals surface area contributed by atoms with E-state index in [1.54, 1.807) is 36.7 Å². The highest BCUT2D eigenvalue weighted by Gasteiger charge is 2.42. The summed E-state index contributed by atoms with van der Waals surface area (Å²) in [5.74, 6) is 0.734. The number of fused-ring (bicyclic) bond motifs is 2. The van der Waals surface area contributed by atoms with Crippen LogP contribution in [0.3, 0.4) is 0 Å². The monoisotopic (exact) mass is 525 g/mol. The minimum Gasteiger partial charge on any atom is -0.465 e. The Morgan fingerprint density at radius 3 is 2.50 bits per heavy atom. The molecule has 0 spiro atoms. The molecule has 2 saturated heterocycles. The molecule has 6 rings (SSSR count). The fraction of sp³-hybridized carbons (Fsp3) is 0.448. The number of alkyl halides is 3. The average Bonchev–Trinajstić information content (AvgIpc) is 3.62. The number of carbonyl (C=O) groups is 1. The number of hydrogen-bond acceptors (Lipinski definition) is 5. The van der Waals surface area contributed by atoms with Crippen molar-refractivity contribution >= 4 is 11.8 Å². The van der Waals surface area contributed by atoms with Crippen molar-refractivity contribution in [2.45, 2.75) is 75.4 Å². The molecule has 6 nitrogen and oxygen atoms in total. The number of methoxy groups -OCH3 is 1. The lowest BCUT2D eigenvalue weighted by Gasteiger charge is -2.39. The van der Waals surface area contributed by atoms with Gasteiger partial charge < -0.3 is 19.4 Å². The standard InChI is InChI=1S/C29H30F3N3O3/c1-37-28(36)18-10-11-33-26(12-18)35-19-8-9-20(35)14-21(13-19)38-16-24-23(15-34-27(24)17-6-7-17)22-4-2-3-5-25(22)29(30,31)32/h2-5,10-12,15,17,19-21,34H,6-9,13-14,16H2,1H3. The van der Waals surface area contributed by atoms with Crippen molar-refractivity contribution in [1.29, 1.82) is 0 Å². The fourth-order valence-corrected chi connectivity index (χ4v) is 6.21. The first-order valence-corrected chi connectivity index (χ1v) is 13.1. The van der Waals surface area contributed by atoms with E-state index in [-0.39, 0.29) is 36.3 Å². The summed E-state index contributed by atoms with van der Waals surface area (Å²) in [6.07, 6.45) is 4.61. The highest BCUT2D eigenvalue weighted by molar-refractivity contribution is 5.90. The van der Waals surface area contributed by atoms with Crippen LogP contribution in [0.1, 0.15) is 71.6 Å². The van der Waals surface area contributed by atoms with E-state index in [0.717, 1.165) is 61.7 Å². The number of esters is 1. The zero-order valence-electron chi connectivity index (χ0n) is 21.1. The molecule has 3 fully saturated rings. The summed E-state index contributed by atoms with van der Waals surface area (Å²) in [7, 11) is 1.36. The number of pyridine rings is 1. The van der Waals surface area contributed by atoms with Crippen molar-refractivity contribution in [1.82, 2.24) is 9.97 Å². The normalized spacial score (nSPS) is 23.1. The molecule has 0 amide bonds. The molecule has 4 heterocycles. The molecular weight excluding hydrogens is 495 g/mol. The van der Waals surface area contributed by atoms with Gasteiger partial charge >= 0.3 is 12.1 Å². The van der Waals surface area contributed by atoms with Crippen molar-refractivity contribution in [2.75, 3.05) is 12.0 Å². The van der Waals surface area contributed by atoms with Gasteiger partial charge in [-0.25, -0.2) is 9.78 Å². The van der Waals surface area contributed by atoms with E-state index in [9.17, 15) is 18.0 Å². The van der Waals surface area contributed by atoms with Crippen LogP contribution >= 0.6 is 0 Å². The second kappa shape index (κ2) is 9.76. The van der Waals surface area contributed by atoms with Crippen LogP contribution in [-0.2, 0) is 22.3 Å². The molecule has 0 radical (unpaired) electrons. The summed E-state index contributed by atoms with van der Waals surface area (Å²) in [6, 6.07) is 9.66.